The summed E-state index contributed by atoms with van der Waals surface area (Å²) < 4.78 is 2.32. The van der Waals surface area contributed by atoms with Crippen LogP contribution in [0.4, 0.5) is 0 Å². The summed E-state index contributed by atoms with van der Waals surface area (Å²) in [7, 11) is 0. The number of hydrogen-bond donors (Lipinski definition) is 1. The molecule has 0 bridgehead atoms. The van der Waals surface area contributed by atoms with E-state index in [1.807, 2.05) is 24.3 Å². The molecular weight excluding hydrogens is 316 g/mol. The van der Waals surface area contributed by atoms with E-state index in [9.17, 15) is 4.79 Å². The molecule has 1 N–H and O–H groups in total. The van der Waals surface area contributed by atoms with Gasteiger partial charge in [-0.3, -0.25) is 9.89 Å². The molecule has 1 aliphatic carbocycles. The van der Waals surface area contributed by atoms with Gasteiger partial charge in [-0.2, -0.15) is 0 Å². The lowest BCUT2D eigenvalue weighted by Gasteiger charge is -2.02. The van der Waals surface area contributed by atoms with Gasteiger partial charge in [-0.25, -0.2) is 4.68 Å². The van der Waals surface area contributed by atoms with Crippen LogP contribution in [0.3, 0.4) is 0 Å². The van der Waals surface area contributed by atoms with Gasteiger partial charge in [0.2, 0.25) is 0 Å². The average Bonchev–Trinajstić information content (AvgIpc) is 3.15. The van der Waals surface area contributed by atoms with Crippen LogP contribution in [-0.2, 0) is 6.54 Å². The predicted molar refractivity (Wildman–Crippen MR) is 75.3 cm³/mol. The van der Waals surface area contributed by atoms with E-state index < -0.39 is 0 Å². The molecule has 0 unspecified atom stereocenters. The average molecular weight is 328 g/mol. The van der Waals surface area contributed by atoms with Crippen LogP contribution in [0.25, 0.3) is 0 Å². The Kier molecular flexibility index (Phi) is 3.08. The quantitative estimate of drug-likeness (QED) is 0.920. The summed E-state index contributed by atoms with van der Waals surface area (Å²) >= 11 is 9.22. The molecule has 3 rings (SSSR count). The molecule has 1 aliphatic rings. The number of rotatable bonds is 3. The third-order valence-electron chi connectivity index (χ3n) is 3.16. The van der Waals surface area contributed by atoms with Crippen LogP contribution in [0, 0.1) is 0 Å². The number of nitrogens with zero attached hydrogens (tertiary/aromatic N) is 1. The Morgan fingerprint density at radius 3 is 2.61 bits per heavy atom. The van der Waals surface area contributed by atoms with Crippen LogP contribution in [0.15, 0.2) is 33.5 Å². The van der Waals surface area contributed by atoms with Crippen molar-refractivity contribution < 1.29 is 0 Å². The van der Waals surface area contributed by atoms with Gasteiger partial charge in [0.25, 0.3) is 5.56 Å². The molecule has 1 heterocycles. The third kappa shape index (κ3) is 2.27. The molecule has 0 atom stereocenters. The van der Waals surface area contributed by atoms with Gasteiger partial charge in [-0.1, -0.05) is 23.7 Å². The van der Waals surface area contributed by atoms with Gasteiger partial charge in [0.15, 0.2) is 0 Å². The fraction of sp³-hybridized carbons (Fsp3) is 0.308. The van der Waals surface area contributed by atoms with Crippen LogP contribution in [-0.4, -0.2) is 9.78 Å². The van der Waals surface area contributed by atoms with Crippen molar-refractivity contribution in [3.8, 4) is 0 Å². The maximum absolute atomic E-state index is 12.1. The number of aromatic nitrogens is 2. The SMILES string of the molecule is O=c1c(Br)c(C2CC2)[nH]n1Cc1ccc(Cl)cc1. The molecule has 0 aliphatic heterocycles. The van der Waals surface area contributed by atoms with Gasteiger partial charge in [0.1, 0.15) is 4.47 Å². The Bertz CT molecular complexity index is 625. The van der Waals surface area contributed by atoms with Crippen LogP contribution >= 0.6 is 27.5 Å². The smallest absolute Gasteiger partial charge is 0.281 e. The highest BCUT2D eigenvalue weighted by molar-refractivity contribution is 9.10. The highest BCUT2D eigenvalue weighted by Gasteiger charge is 2.29. The zero-order chi connectivity index (χ0) is 12.7. The minimum Gasteiger partial charge on any atom is -0.298 e. The zero-order valence-electron chi connectivity index (χ0n) is 9.62. The van der Waals surface area contributed by atoms with E-state index in [1.165, 1.54) is 12.8 Å². The Balaban J connectivity index is 1.90. The molecule has 0 amide bonds. The molecule has 1 saturated carbocycles. The van der Waals surface area contributed by atoms with E-state index >= 15 is 0 Å². The second-order valence-corrected chi connectivity index (χ2v) is 5.86. The number of halogens is 2. The molecule has 0 radical (unpaired) electrons. The van der Waals surface area contributed by atoms with Crippen molar-refractivity contribution in [2.45, 2.75) is 25.3 Å². The van der Waals surface area contributed by atoms with E-state index in [2.05, 4.69) is 21.0 Å². The normalized spacial score (nSPS) is 15.0. The highest BCUT2D eigenvalue weighted by Crippen LogP contribution is 2.41. The molecule has 1 fully saturated rings. The molecule has 2 aromatic rings. The molecular formula is C13H12BrClN2O. The Morgan fingerprint density at radius 1 is 1.33 bits per heavy atom. The summed E-state index contributed by atoms with van der Waals surface area (Å²) in [5.41, 5.74) is 2.10. The molecule has 1 aromatic heterocycles. The lowest BCUT2D eigenvalue weighted by molar-refractivity contribution is 0.651. The maximum Gasteiger partial charge on any atom is 0.281 e. The summed E-state index contributed by atoms with van der Waals surface area (Å²) in [5, 5.41) is 3.91. The van der Waals surface area contributed by atoms with Gasteiger partial charge >= 0.3 is 0 Å². The lowest BCUT2D eigenvalue weighted by atomic mass is 10.2. The summed E-state index contributed by atoms with van der Waals surface area (Å²) in [5.74, 6) is 0.526. The molecule has 5 heteroatoms. The highest BCUT2D eigenvalue weighted by atomic mass is 79.9. The van der Waals surface area contributed by atoms with E-state index in [1.54, 1.807) is 4.68 Å². The van der Waals surface area contributed by atoms with Gasteiger partial charge in [-0.15, -0.1) is 0 Å². The summed E-state index contributed by atoms with van der Waals surface area (Å²) in [6, 6.07) is 7.53. The van der Waals surface area contributed by atoms with Crippen molar-refractivity contribution in [2.75, 3.05) is 0 Å². The van der Waals surface area contributed by atoms with Crippen molar-refractivity contribution in [1.82, 2.24) is 9.78 Å². The minimum absolute atomic E-state index is 0.00634. The van der Waals surface area contributed by atoms with E-state index in [0.717, 1.165) is 11.3 Å². The minimum atomic E-state index is 0.00634. The fourth-order valence-electron chi connectivity index (χ4n) is 2.01. The molecule has 18 heavy (non-hydrogen) atoms. The first-order chi connectivity index (χ1) is 8.65. The third-order valence-corrected chi connectivity index (χ3v) is 4.18. The maximum atomic E-state index is 12.1. The zero-order valence-corrected chi connectivity index (χ0v) is 12.0. The van der Waals surface area contributed by atoms with Crippen LogP contribution < -0.4 is 5.56 Å². The first-order valence-electron chi connectivity index (χ1n) is 5.88. The van der Waals surface area contributed by atoms with E-state index in [-0.39, 0.29) is 5.56 Å². The van der Waals surface area contributed by atoms with Crippen molar-refractivity contribution in [3.63, 3.8) is 0 Å². The Hall–Kier alpha value is -1.00. The van der Waals surface area contributed by atoms with Crippen LogP contribution in [0.5, 0.6) is 0 Å². The number of nitrogens with one attached hydrogen (secondary N) is 1. The first kappa shape index (κ1) is 12.1. The number of H-pyrrole nitrogens is 1. The van der Waals surface area contributed by atoms with Gasteiger partial charge in [0, 0.05) is 10.9 Å². The predicted octanol–water partition coefficient (Wildman–Crippen LogP) is 3.52. The van der Waals surface area contributed by atoms with Crippen molar-refractivity contribution in [2.24, 2.45) is 0 Å². The van der Waals surface area contributed by atoms with Gasteiger partial charge < -0.3 is 0 Å². The number of aromatic amines is 1. The number of benzene rings is 1. The summed E-state index contributed by atoms with van der Waals surface area (Å²) in [6.45, 7) is 0.543. The first-order valence-corrected chi connectivity index (χ1v) is 7.05. The van der Waals surface area contributed by atoms with Gasteiger partial charge in [-0.05, 0) is 46.5 Å². The van der Waals surface area contributed by atoms with E-state index in [4.69, 9.17) is 11.6 Å². The monoisotopic (exact) mass is 326 g/mol. The Labute approximate surface area is 118 Å². The topological polar surface area (TPSA) is 37.8 Å². The molecule has 0 spiro atoms. The van der Waals surface area contributed by atoms with E-state index in [0.29, 0.717) is 22.0 Å². The van der Waals surface area contributed by atoms with Crippen LogP contribution in [0.1, 0.15) is 30.0 Å². The molecule has 1 aromatic carbocycles. The molecule has 0 saturated heterocycles. The number of hydrogen-bond acceptors (Lipinski definition) is 1. The van der Waals surface area contributed by atoms with Gasteiger partial charge in [0.05, 0.1) is 12.2 Å². The fourth-order valence-corrected chi connectivity index (χ4v) is 2.76. The standard InChI is InChI=1S/C13H12BrClN2O/c14-11-12(9-3-4-9)16-17(13(11)18)7-8-1-5-10(15)6-2-8/h1-2,5-6,9,16H,3-4,7H2. The summed E-state index contributed by atoms with van der Waals surface area (Å²) in [6.07, 6.45) is 2.33. The van der Waals surface area contributed by atoms with Crippen molar-refractivity contribution in [1.29, 1.82) is 0 Å². The van der Waals surface area contributed by atoms with Crippen molar-refractivity contribution in [3.05, 3.63) is 55.4 Å². The molecule has 94 valence electrons. The lowest BCUT2D eigenvalue weighted by Crippen LogP contribution is -2.17. The summed E-state index contributed by atoms with van der Waals surface area (Å²) in [4.78, 5) is 12.1. The Morgan fingerprint density at radius 2 is 2.00 bits per heavy atom. The second kappa shape index (κ2) is 4.59. The molecule has 3 nitrogen and oxygen atoms in total. The largest absolute Gasteiger partial charge is 0.298 e. The van der Waals surface area contributed by atoms with Crippen molar-refractivity contribution >= 4 is 27.5 Å². The van der Waals surface area contributed by atoms with Crippen LogP contribution in [0.2, 0.25) is 5.02 Å². The second-order valence-electron chi connectivity index (χ2n) is 4.63.